The van der Waals surface area contributed by atoms with Crippen molar-refractivity contribution in [1.82, 2.24) is 9.88 Å². The van der Waals surface area contributed by atoms with E-state index < -0.39 is 5.97 Å². The van der Waals surface area contributed by atoms with Crippen LogP contribution in [0.2, 0.25) is 0 Å². The minimum absolute atomic E-state index is 0.203. The Morgan fingerprint density at radius 2 is 1.89 bits per heavy atom. The van der Waals surface area contributed by atoms with E-state index >= 15 is 0 Å². The highest BCUT2D eigenvalue weighted by molar-refractivity contribution is 5.70. The molecule has 1 fully saturated rings. The molecule has 1 saturated heterocycles. The first kappa shape index (κ1) is 19.9. The molecule has 2 atom stereocenters. The average molecular weight is 386 g/mol. The first-order valence-electron chi connectivity index (χ1n) is 9.25. The maximum Gasteiger partial charge on any atom is 0.307 e. The number of aromatic nitrogens is 1. The van der Waals surface area contributed by atoms with Crippen molar-refractivity contribution in [3.8, 4) is 17.2 Å². The molecule has 2 unspecified atom stereocenters. The van der Waals surface area contributed by atoms with E-state index in [1.807, 2.05) is 24.4 Å². The summed E-state index contributed by atoms with van der Waals surface area (Å²) in [6.45, 7) is 1.26. The number of carbonyl (C=O) groups is 1. The number of hydrogen-bond donors (Lipinski definition) is 1. The van der Waals surface area contributed by atoms with E-state index in [9.17, 15) is 9.90 Å². The molecule has 7 heteroatoms. The fourth-order valence-electron chi connectivity index (χ4n) is 3.83. The number of ether oxygens (including phenoxy) is 3. The van der Waals surface area contributed by atoms with Gasteiger partial charge in [-0.3, -0.25) is 14.7 Å². The van der Waals surface area contributed by atoms with Crippen molar-refractivity contribution in [2.24, 2.45) is 5.92 Å². The third-order valence-electron chi connectivity index (χ3n) is 5.20. The van der Waals surface area contributed by atoms with Crippen LogP contribution in [0.3, 0.4) is 0 Å². The number of rotatable bonds is 7. The monoisotopic (exact) mass is 386 g/mol. The highest BCUT2D eigenvalue weighted by atomic mass is 16.5. The molecule has 0 aliphatic carbocycles. The van der Waals surface area contributed by atoms with Crippen molar-refractivity contribution in [3.63, 3.8) is 0 Å². The second-order valence-corrected chi connectivity index (χ2v) is 6.81. The number of aliphatic carboxylic acids is 1. The molecule has 0 saturated carbocycles. The normalized spacial score (nSPS) is 18.3. The molecule has 2 aromatic rings. The van der Waals surface area contributed by atoms with Crippen molar-refractivity contribution < 1.29 is 24.1 Å². The fraction of sp³-hybridized carbons (Fsp3) is 0.429. The van der Waals surface area contributed by atoms with Crippen LogP contribution in [0.1, 0.15) is 30.0 Å². The highest BCUT2D eigenvalue weighted by Gasteiger charge is 2.33. The van der Waals surface area contributed by atoms with Gasteiger partial charge in [0, 0.05) is 30.6 Å². The van der Waals surface area contributed by atoms with Gasteiger partial charge in [-0.2, -0.15) is 0 Å². The minimum Gasteiger partial charge on any atom is -0.496 e. The summed E-state index contributed by atoms with van der Waals surface area (Å²) in [5, 5.41) is 9.53. The number of pyridine rings is 1. The number of benzene rings is 1. The molecular formula is C21H26N2O5. The van der Waals surface area contributed by atoms with Crippen LogP contribution in [0.25, 0.3) is 0 Å². The molecule has 0 radical (unpaired) electrons. The number of carboxylic acid groups (broad SMARTS) is 1. The number of methoxy groups -OCH3 is 3. The van der Waals surface area contributed by atoms with Gasteiger partial charge in [0.2, 0.25) is 0 Å². The van der Waals surface area contributed by atoms with E-state index in [2.05, 4.69) is 9.88 Å². The molecule has 7 nitrogen and oxygen atoms in total. The second-order valence-electron chi connectivity index (χ2n) is 6.81. The predicted octanol–water partition coefficient (Wildman–Crippen LogP) is 2.99. The maximum atomic E-state index is 11.6. The number of likely N-dealkylation sites (tertiary alicyclic amines) is 1. The van der Waals surface area contributed by atoms with Gasteiger partial charge in [-0.15, -0.1) is 0 Å². The van der Waals surface area contributed by atoms with Crippen LogP contribution in [-0.2, 0) is 4.79 Å². The molecule has 0 spiro atoms. The topological polar surface area (TPSA) is 81.1 Å². The zero-order chi connectivity index (χ0) is 20.1. The largest absolute Gasteiger partial charge is 0.496 e. The average Bonchev–Trinajstić information content (AvgIpc) is 2.74. The van der Waals surface area contributed by atoms with E-state index in [-0.39, 0.29) is 12.0 Å². The Labute approximate surface area is 164 Å². The quantitative estimate of drug-likeness (QED) is 0.783. The Morgan fingerprint density at radius 1 is 1.18 bits per heavy atom. The number of carboxylic acids is 1. The summed E-state index contributed by atoms with van der Waals surface area (Å²) in [5.41, 5.74) is 1.86. The second kappa shape index (κ2) is 8.93. The van der Waals surface area contributed by atoms with E-state index in [0.717, 1.165) is 24.1 Å². The summed E-state index contributed by atoms with van der Waals surface area (Å²) in [4.78, 5) is 18.1. The van der Waals surface area contributed by atoms with Crippen LogP contribution < -0.4 is 14.2 Å². The van der Waals surface area contributed by atoms with Crippen molar-refractivity contribution in [3.05, 3.63) is 47.8 Å². The van der Waals surface area contributed by atoms with Gasteiger partial charge in [-0.05, 0) is 37.1 Å². The van der Waals surface area contributed by atoms with Gasteiger partial charge in [0.15, 0.2) is 11.5 Å². The van der Waals surface area contributed by atoms with Crippen molar-refractivity contribution in [1.29, 1.82) is 0 Å². The summed E-state index contributed by atoms with van der Waals surface area (Å²) in [6, 6.07) is 7.38. The summed E-state index contributed by atoms with van der Waals surface area (Å²) in [5.74, 6) is 0.686. The van der Waals surface area contributed by atoms with Crippen LogP contribution in [-0.4, -0.2) is 55.4 Å². The molecule has 0 amide bonds. The molecule has 1 aliphatic rings. The van der Waals surface area contributed by atoms with E-state index in [4.69, 9.17) is 14.2 Å². The van der Waals surface area contributed by atoms with Crippen molar-refractivity contribution in [2.45, 2.75) is 18.9 Å². The first-order chi connectivity index (χ1) is 13.6. The Hall–Kier alpha value is -2.80. The fourth-order valence-corrected chi connectivity index (χ4v) is 3.83. The lowest BCUT2D eigenvalue weighted by molar-refractivity contribution is -0.143. The summed E-state index contributed by atoms with van der Waals surface area (Å²) < 4.78 is 16.6. The molecular weight excluding hydrogens is 360 g/mol. The van der Waals surface area contributed by atoms with Crippen LogP contribution in [0.4, 0.5) is 0 Å². The lowest BCUT2D eigenvalue weighted by atomic mass is 9.91. The standard InChI is InChI=1S/C21H26N2O5/c1-26-17-11-19(28-3)18(27-2)10-16(17)20(14-6-4-8-22-12-14)23-9-5-7-15(13-23)21(24)25/h4,6,8,10-12,15,20H,5,7,9,13H2,1-3H3,(H,24,25). The van der Waals surface area contributed by atoms with Crippen LogP contribution >= 0.6 is 0 Å². The smallest absolute Gasteiger partial charge is 0.307 e. The number of nitrogens with zero attached hydrogens (tertiary/aromatic N) is 2. The number of piperidine rings is 1. The molecule has 1 aliphatic heterocycles. The Kier molecular flexibility index (Phi) is 6.36. The SMILES string of the molecule is COc1cc(OC)c(C(c2cccnc2)N2CCCC(C(=O)O)C2)cc1OC. The van der Waals surface area contributed by atoms with Gasteiger partial charge in [0.05, 0.1) is 33.3 Å². The zero-order valence-electron chi connectivity index (χ0n) is 16.4. The summed E-state index contributed by atoms with van der Waals surface area (Å²) in [6.07, 6.45) is 5.05. The van der Waals surface area contributed by atoms with Crippen LogP contribution in [0.15, 0.2) is 36.7 Å². The van der Waals surface area contributed by atoms with Crippen LogP contribution in [0.5, 0.6) is 17.2 Å². The first-order valence-corrected chi connectivity index (χ1v) is 9.25. The van der Waals surface area contributed by atoms with Gasteiger partial charge in [0.1, 0.15) is 5.75 Å². The predicted molar refractivity (Wildman–Crippen MR) is 104 cm³/mol. The zero-order valence-corrected chi connectivity index (χ0v) is 16.4. The van der Waals surface area contributed by atoms with E-state index in [0.29, 0.717) is 30.2 Å². The molecule has 0 bridgehead atoms. The maximum absolute atomic E-state index is 11.6. The van der Waals surface area contributed by atoms with Gasteiger partial charge >= 0.3 is 5.97 Å². The Bertz CT molecular complexity index is 812. The van der Waals surface area contributed by atoms with E-state index in [1.54, 1.807) is 33.6 Å². The highest BCUT2D eigenvalue weighted by Crippen LogP contribution is 2.42. The Morgan fingerprint density at radius 3 is 2.50 bits per heavy atom. The molecule has 1 aromatic heterocycles. The summed E-state index contributed by atoms with van der Waals surface area (Å²) >= 11 is 0. The Balaban J connectivity index is 2.11. The third-order valence-corrected chi connectivity index (χ3v) is 5.20. The molecule has 2 heterocycles. The van der Waals surface area contributed by atoms with Gasteiger partial charge in [-0.25, -0.2) is 0 Å². The molecule has 1 aromatic carbocycles. The van der Waals surface area contributed by atoms with Gasteiger partial charge in [-0.1, -0.05) is 6.07 Å². The third kappa shape index (κ3) is 4.04. The van der Waals surface area contributed by atoms with Crippen LogP contribution in [0, 0.1) is 5.92 Å². The summed E-state index contributed by atoms with van der Waals surface area (Å²) in [7, 11) is 4.79. The number of hydrogen-bond acceptors (Lipinski definition) is 6. The molecule has 150 valence electrons. The molecule has 1 N–H and O–H groups in total. The lowest BCUT2D eigenvalue weighted by Gasteiger charge is -2.38. The molecule has 28 heavy (non-hydrogen) atoms. The molecule has 3 rings (SSSR count). The van der Waals surface area contributed by atoms with Crippen molar-refractivity contribution in [2.75, 3.05) is 34.4 Å². The van der Waals surface area contributed by atoms with Gasteiger partial charge < -0.3 is 19.3 Å². The lowest BCUT2D eigenvalue weighted by Crippen LogP contribution is -2.41. The van der Waals surface area contributed by atoms with Gasteiger partial charge in [0.25, 0.3) is 0 Å². The van der Waals surface area contributed by atoms with E-state index in [1.165, 1.54) is 0 Å². The van der Waals surface area contributed by atoms with Crippen molar-refractivity contribution >= 4 is 5.97 Å². The minimum atomic E-state index is -0.756.